The van der Waals surface area contributed by atoms with Crippen molar-refractivity contribution in [2.45, 2.75) is 77.3 Å². The van der Waals surface area contributed by atoms with Gasteiger partial charge in [-0.3, -0.25) is 4.79 Å². The first-order valence-corrected chi connectivity index (χ1v) is 12.0. The number of benzene rings is 1. The molecule has 4 rings (SSSR count). The van der Waals surface area contributed by atoms with Crippen LogP contribution >= 0.6 is 0 Å². The Balaban J connectivity index is 1.29. The van der Waals surface area contributed by atoms with Crippen molar-refractivity contribution < 1.29 is 9.18 Å². The third kappa shape index (κ3) is 5.03. The third-order valence-corrected chi connectivity index (χ3v) is 7.32. The lowest BCUT2D eigenvalue weighted by molar-refractivity contribution is -0.126. The molecule has 1 aromatic heterocycles. The van der Waals surface area contributed by atoms with Crippen molar-refractivity contribution in [1.29, 1.82) is 0 Å². The molecule has 2 aliphatic rings. The molecule has 1 aliphatic heterocycles. The number of piperidine rings is 1. The Hall–Kier alpha value is -2.28. The molecule has 1 aliphatic carbocycles. The number of aromatic nitrogens is 3. The van der Waals surface area contributed by atoms with Gasteiger partial charge in [-0.05, 0) is 51.2 Å². The van der Waals surface area contributed by atoms with Gasteiger partial charge in [-0.1, -0.05) is 38.0 Å². The number of nitrogens with one attached hydrogen (secondary N) is 1. The highest BCUT2D eigenvalue weighted by Gasteiger charge is 2.39. The van der Waals surface area contributed by atoms with E-state index in [0.29, 0.717) is 6.54 Å². The quantitative estimate of drug-likeness (QED) is 0.711. The van der Waals surface area contributed by atoms with Gasteiger partial charge >= 0.3 is 0 Å². The van der Waals surface area contributed by atoms with E-state index in [1.54, 1.807) is 12.1 Å². The van der Waals surface area contributed by atoms with Crippen molar-refractivity contribution >= 4 is 5.91 Å². The molecule has 1 atom stereocenters. The molecule has 2 heterocycles. The Labute approximate surface area is 190 Å². The zero-order chi connectivity index (χ0) is 22.7. The number of carbonyl (C=O) groups is 1. The summed E-state index contributed by atoms with van der Waals surface area (Å²) >= 11 is 0. The van der Waals surface area contributed by atoms with E-state index in [2.05, 4.69) is 20.3 Å². The first-order valence-electron chi connectivity index (χ1n) is 12.0. The number of aryl methyl sites for hydroxylation is 2. The topological polar surface area (TPSA) is 63.1 Å². The summed E-state index contributed by atoms with van der Waals surface area (Å²) in [5, 5.41) is 7.61. The average Bonchev–Trinajstić information content (AvgIpc) is 3.36. The minimum atomic E-state index is -0.157. The van der Waals surface area contributed by atoms with Gasteiger partial charge in [0.15, 0.2) is 0 Å². The van der Waals surface area contributed by atoms with E-state index in [4.69, 9.17) is 0 Å². The Kier molecular flexibility index (Phi) is 6.93. The van der Waals surface area contributed by atoms with Crippen LogP contribution in [0.25, 0.3) is 0 Å². The zero-order valence-corrected chi connectivity index (χ0v) is 19.6. The summed E-state index contributed by atoms with van der Waals surface area (Å²) in [7, 11) is 0. The van der Waals surface area contributed by atoms with Crippen molar-refractivity contribution in [2.75, 3.05) is 19.6 Å². The maximum absolute atomic E-state index is 14.6. The van der Waals surface area contributed by atoms with Crippen LogP contribution in [0.4, 0.5) is 4.39 Å². The van der Waals surface area contributed by atoms with Crippen molar-refractivity contribution in [3.63, 3.8) is 0 Å². The molecule has 2 aromatic rings. The fraction of sp³-hybridized carbons (Fsp3) is 0.640. The highest BCUT2D eigenvalue weighted by Crippen LogP contribution is 2.43. The van der Waals surface area contributed by atoms with Crippen molar-refractivity contribution in [1.82, 2.24) is 25.0 Å². The van der Waals surface area contributed by atoms with E-state index >= 15 is 0 Å². The minimum absolute atomic E-state index is 0.0657. The van der Waals surface area contributed by atoms with Gasteiger partial charge in [-0.25, -0.2) is 14.1 Å². The number of halogens is 1. The van der Waals surface area contributed by atoms with E-state index in [1.165, 1.54) is 12.8 Å². The van der Waals surface area contributed by atoms with Crippen LogP contribution < -0.4 is 5.32 Å². The average molecular weight is 442 g/mol. The van der Waals surface area contributed by atoms with Gasteiger partial charge in [-0.2, -0.15) is 5.10 Å². The number of nitrogens with zero attached hydrogens (tertiary/aromatic N) is 4. The molecule has 2 fully saturated rings. The minimum Gasteiger partial charge on any atom is -0.353 e. The second kappa shape index (κ2) is 9.69. The fourth-order valence-electron chi connectivity index (χ4n) is 5.54. The molecule has 6 nitrogen and oxygen atoms in total. The Morgan fingerprint density at radius 2 is 1.91 bits per heavy atom. The van der Waals surface area contributed by atoms with Crippen LogP contribution in [0.2, 0.25) is 0 Å². The van der Waals surface area contributed by atoms with Crippen LogP contribution in [0.15, 0.2) is 24.3 Å². The van der Waals surface area contributed by atoms with Crippen molar-refractivity contribution in [3.8, 4) is 0 Å². The van der Waals surface area contributed by atoms with E-state index in [9.17, 15) is 9.18 Å². The standard InChI is InChI=1S/C25H36FN5O/c1-18(16-31-20(3)27-19(2)29-31)24(32)28-21-10-14-30(15-11-21)17-25(12-6-7-13-25)22-8-4-5-9-23(22)26/h4-5,8-9,18,21H,6-7,10-17H2,1-3H3,(H,28,32). The van der Waals surface area contributed by atoms with Crippen LogP contribution in [0.5, 0.6) is 0 Å². The molecule has 1 saturated carbocycles. The number of amides is 1. The summed E-state index contributed by atoms with van der Waals surface area (Å²) in [5.41, 5.74) is 0.824. The lowest BCUT2D eigenvalue weighted by atomic mass is 9.77. The predicted molar refractivity (Wildman–Crippen MR) is 123 cm³/mol. The maximum Gasteiger partial charge on any atom is 0.224 e. The molecule has 174 valence electrons. The molecule has 1 saturated heterocycles. The highest BCUT2D eigenvalue weighted by atomic mass is 19.1. The van der Waals surface area contributed by atoms with E-state index in [0.717, 1.165) is 62.5 Å². The maximum atomic E-state index is 14.6. The summed E-state index contributed by atoms with van der Waals surface area (Å²) < 4.78 is 16.4. The van der Waals surface area contributed by atoms with E-state index in [1.807, 2.05) is 37.6 Å². The second-order valence-corrected chi connectivity index (χ2v) is 9.82. The lowest BCUT2D eigenvalue weighted by Crippen LogP contribution is -2.49. The molecule has 1 amide bonds. The number of hydrogen-bond donors (Lipinski definition) is 1. The fourth-order valence-corrected chi connectivity index (χ4v) is 5.54. The third-order valence-electron chi connectivity index (χ3n) is 7.32. The van der Waals surface area contributed by atoms with E-state index < -0.39 is 0 Å². The summed E-state index contributed by atoms with van der Waals surface area (Å²) in [6, 6.07) is 7.52. The van der Waals surface area contributed by atoms with Gasteiger partial charge in [-0.15, -0.1) is 0 Å². The second-order valence-electron chi connectivity index (χ2n) is 9.82. The Morgan fingerprint density at radius 1 is 1.22 bits per heavy atom. The monoisotopic (exact) mass is 441 g/mol. The molecule has 0 radical (unpaired) electrons. The lowest BCUT2D eigenvalue weighted by Gasteiger charge is -2.40. The smallest absolute Gasteiger partial charge is 0.224 e. The molecule has 7 heteroatoms. The first-order chi connectivity index (χ1) is 15.4. The van der Waals surface area contributed by atoms with Gasteiger partial charge in [0.05, 0.1) is 12.5 Å². The molecule has 0 spiro atoms. The molecule has 0 bridgehead atoms. The van der Waals surface area contributed by atoms with Crippen molar-refractivity contribution in [2.24, 2.45) is 5.92 Å². The largest absolute Gasteiger partial charge is 0.353 e. The van der Waals surface area contributed by atoms with Crippen LogP contribution in [0.1, 0.15) is 62.7 Å². The molecular formula is C25H36FN5O. The van der Waals surface area contributed by atoms with Gasteiger partial charge in [0, 0.05) is 31.1 Å². The van der Waals surface area contributed by atoms with Crippen LogP contribution in [-0.2, 0) is 16.8 Å². The molecule has 1 aromatic carbocycles. The molecular weight excluding hydrogens is 405 g/mol. The Bertz CT molecular complexity index is 928. The number of hydrogen-bond acceptors (Lipinski definition) is 4. The number of carbonyl (C=O) groups excluding carboxylic acids is 1. The first kappa shape index (κ1) is 22.9. The van der Waals surface area contributed by atoms with Crippen molar-refractivity contribution in [3.05, 3.63) is 47.3 Å². The van der Waals surface area contributed by atoms with Gasteiger partial charge in [0.2, 0.25) is 5.91 Å². The SMILES string of the molecule is Cc1nc(C)n(CC(C)C(=O)NC2CCN(CC3(c4ccccc4F)CCCC3)CC2)n1. The van der Waals surface area contributed by atoms with Gasteiger partial charge in [0.1, 0.15) is 17.5 Å². The summed E-state index contributed by atoms with van der Waals surface area (Å²) in [5.74, 6) is 1.43. The normalized spacial score (nSPS) is 20.4. The van der Waals surface area contributed by atoms with Crippen LogP contribution in [0, 0.1) is 25.6 Å². The zero-order valence-electron chi connectivity index (χ0n) is 19.6. The number of rotatable bonds is 7. The van der Waals surface area contributed by atoms with Gasteiger partial charge < -0.3 is 10.2 Å². The summed E-state index contributed by atoms with van der Waals surface area (Å²) in [6.07, 6.45) is 6.33. The molecule has 1 N–H and O–H groups in total. The number of likely N-dealkylation sites (tertiary alicyclic amines) is 1. The molecule has 1 unspecified atom stereocenters. The van der Waals surface area contributed by atoms with Gasteiger partial charge in [0.25, 0.3) is 0 Å². The summed E-state index contributed by atoms with van der Waals surface area (Å²) in [4.78, 5) is 19.5. The predicted octanol–water partition coefficient (Wildman–Crippen LogP) is 3.76. The highest BCUT2D eigenvalue weighted by molar-refractivity contribution is 5.78. The van der Waals surface area contributed by atoms with Crippen LogP contribution in [0.3, 0.4) is 0 Å². The van der Waals surface area contributed by atoms with E-state index in [-0.39, 0.29) is 29.1 Å². The molecule has 32 heavy (non-hydrogen) atoms. The Morgan fingerprint density at radius 3 is 2.53 bits per heavy atom. The summed E-state index contributed by atoms with van der Waals surface area (Å²) in [6.45, 7) is 9.06. The van der Waals surface area contributed by atoms with Crippen LogP contribution in [-0.4, -0.2) is 51.2 Å².